The minimum Gasteiger partial charge on any atom is -0.399 e. The van der Waals surface area contributed by atoms with Gasteiger partial charge in [-0.15, -0.1) is 0 Å². The van der Waals surface area contributed by atoms with Gasteiger partial charge in [0.05, 0.1) is 11.2 Å². The molecule has 0 aromatic heterocycles. The van der Waals surface area contributed by atoms with Crippen molar-refractivity contribution < 1.29 is 9.31 Å². The Morgan fingerprint density at radius 2 is 1.58 bits per heavy atom. The number of rotatable bonds is 2. The summed E-state index contributed by atoms with van der Waals surface area (Å²) in [7, 11) is -0.247. The molecule has 1 saturated heterocycles. The lowest BCUT2D eigenvalue weighted by molar-refractivity contribution is 0.00578. The molecule has 3 heteroatoms. The fourth-order valence-corrected chi connectivity index (χ4v) is 5.30. The standard InChI is InChI=1S/C21H31BO2/c1-15-12-16-10-11-21(13-15,14-16)17-6-8-18(9-7-17)22-23-19(2,3)20(4,5)24-22/h6-9,15-16H,10-14H2,1-5H3. The SMILES string of the molecule is CC1CC2CCC(c3ccc(B4OC(C)(C)C(C)(C)O4)cc3)(C1)C2. The first kappa shape index (κ1) is 16.7. The van der Waals surface area contributed by atoms with E-state index in [4.69, 9.17) is 9.31 Å². The van der Waals surface area contributed by atoms with Crippen LogP contribution in [0.2, 0.25) is 0 Å². The largest absolute Gasteiger partial charge is 0.494 e. The predicted molar refractivity (Wildman–Crippen MR) is 99.6 cm³/mol. The molecule has 1 heterocycles. The summed E-state index contributed by atoms with van der Waals surface area (Å²) in [5.74, 6) is 1.82. The molecule has 2 aliphatic carbocycles. The van der Waals surface area contributed by atoms with Crippen molar-refractivity contribution in [2.75, 3.05) is 0 Å². The van der Waals surface area contributed by atoms with Crippen LogP contribution in [-0.4, -0.2) is 18.3 Å². The molecule has 3 unspecified atom stereocenters. The average Bonchev–Trinajstić information content (AvgIpc) is 2.93. The van der Waals surface area contributed by atoms with Gasteiger partial charge < -0.3 is 9.31 Å². The maximum atomic E-state index is 6.19. The molecular formula is C21H31BO2. The lowest BCUT2D eigenvalue weighted by Crippen LogP contribution is -2.41. The highest BCUT2D eigenvalue weighted by Crippen LogP contribution is 2.54. The van der Waals surface area contributed by atoms with Gasteiger partial charge in [-0.25, -0.2) is 0 Å². The summed E-state index contributed by atoms with van der Waals surface area (Å²) in [5.41, 5.74) is 2.58. The Bertz CT molecular complexity index is 605. The molecule has 3 aliphatic rings. The zero-order chi connectivity index (χ0) is 17.2. The second-order valence-corrected chi connectivity index (χ2v) is 9.64. The zero-order valence-corrected chi connectivity index (χ0v) is 15.9. The van der Waals surface area contributed by atoms with Crippen molar-refractivity contribution in [1.82, 2.24) is 0 Å². The number of fused-ring (bicyclic) bond motifs is 2. The summed E-state index contributed by atoms with van der Waals surface area (Å²) >= 11 is 0. The third kappa shape index (κ3) is 2.56. The van der Waals surface area contributed by atoms with Crippen molar-refractivity contribution in [3.63, 3.8) is 0 Å². The van der Waals surface area contributed by atoms with Gasteiger partial charge in [0, 0.05) is 0 Å². The molecule has 24 heavy (non-hydrogen) atoms. The number of hydrogen-bond acceptors (Lipinski definition) is 2. The van der Waals surface area contributed by atoms with Crippen LogP contribution >= 0.6 is 0 Å². The van der Waals surface area contributed by atoms with Crippen molar-refractivity contribution in [2.45, 2.75) is 83.3 Å². The van der Waals surface area contributed by atoms with E-state index in [-0.39, 0.29) is 18.3 Å². The Hall–Kier alpha value is -0.795. The van der Waals surface area contributed by atoms with Crippen LogP contribution < -0.4 is 5.46 Å². The third-order valence-corrected chi connectivity index (χ3v) is 7.23. The summed E-state index contributed by atoms with van der Waals surface area (Å²) in [6.07, 6.45) is 6.99. The van der Waals surface area contributed by atoms with Crippen molar-refractivity contribution in [3.05, 3.63) is 29.8 Å². The molecule has 3 atom stereocenters. The van der Waals surface area contributed by atoms with Gasteiger partial charge in [0.1, 0.15) is 0 Å². The van der Waals surface area contributed by atoms with Crippen molar-refractivity contribution in [2.24, 2.45) is 11.8 Å². The van der Waals surface area contributed by atoms with Crippen LogP contribution in [0.25, 0.3) is 0 Å². The van der Waals surface area contributed by atoms with Gasteiger partial charge in [0.25, 0.3) is 0 Å². The lowest BCUT2D eigenvalue weighted by atomic mass is 9.67. The summed E-state index contributed by atoms with van der Waals surface area (Å²) in [6, 6.07) is 9.17. The van der Waals surface area contributed by atoms with E-state index in [1.165, 1.54) is 37.7 Å². The molecule has 2 nitrogen and oxygen atoms in total. The van der Waals surface area contributed by atoms with Gasteiger partial charge in [0.15, 0.2) is 0 Å². The second kappa shape index (κ2) is 5.35. The van der Waals surface area contributed by atoms with Gasteiger partial charge in [-0.3, -0.25) is 0 Å². The van der Waals surface area contributed by atoms with E-state index in [1.807, 2.05) is 0 Å². The lowest BCUT2D eigenvalue weighted by Gasteiger charge is -2.37. The average molecular weight is 326 g/mol. The molecule has 0 radical (unpaired) electrons. The topological polar surface area (TPSA) is 18.5 Å². The van der Waals surface area contributed by atoms with E-state index >= 15 is 0 Å². The first-order valence-corrected chi connectivity index (χ1v) is 9.67. The van der Waals surface area contributed by atoms with Gasteiger partial charge in [0.2, 0.25) is 0 Å². The Kier molecular flexibility index (Phi) is 3.71. The first-order chi connectivity index (χ1) is 11.2. The summed E-state index contributed by atoms with van der Waals surface area (Å²) < 4.78 is 12.4. The molecule has 130 valence electrons. The van der Waals surface area contributed by atoms with E-state index in [1.54, 1.807) is 0 Å². The fourth-order valence-electron chi connectivity index (χ4n) is 5.30. The van der Waals surface area contributed by atoms with Gasteiger partial charge in [-0.2, -0.15) is 0 Å². The second-order valence-electron chi connectivity index (χ2n) is 9.64. The monoisotopic (exact) mass is 326 g/mol. The maximum Gasteiger partial charge on any atom is 0.494 e. The molecule has 0 spiro atoms. The van der Waals surface area contributed by atoms with E-state index < -0.39 is 0 Å². The summed E-state index contributed by atoms with van der Waals surface area (Å²) in [6.45, 7) is 10.9. The smallest absolute Gasteiger partial charge is 0.399 e. The number of benzene rings is 1. The Balaban J connectivity index is 1.56. The quantitative estimate of drug-likeness (QED) is 0.748. The van der Waals surface area contributed by atoms with E-state index in [0.29, 0.717) is 5.41 Å². The summed E-state index contributed by atoms with van der Waals surface area (Å²) in [5, 5.41) is 0. The van der Waals surface area contributed by atoms with Crippen LogP contribution in [0.1, 0.15) is 72.3 Å². The molecule has 1 aromatic carbocycles. The van der Waals surface area contributed by atoms with Crippen LogP contribution in [0.4, 0.5) is 0 Å². The molecule has 1 aromatic rings. The summed E-state index contributed by atoms with van der Waals surface area (Å²) in [4.78, 5) is 0. The van der Waals surface area contributed by atoms with E-state index in [9.17, 15) is 0 Å². The van der Waals surface area contributed by atoms with Gasteiger partial charge >= 0.3 is 7.12 Å². The molecule has 2 saturated carbocycles. The van der Waals surface area contributed by atoms with Crippen molar-refractivity contribution in [3.8, 4) is 0 Å². The Labute approximate surface area is 147 Å². The minimum atomic E-state index is -0.271. The van der Waals surface area contributed by atoms with Crippen LogP contribution in [0.15, 0.2) is 24.3 Å². The highest BCUT2D eigenvalue weighted by Gasteiger charge is 2.52. The Morgan fingerprint density at radius 3 is 2.21 bits per heavy atom. The molecule has 0 N–H and O–H groups in total. The van der Waals surface area contributed by atoms with E-state index in [0.717, 1.165) is 17.3 Å². The maximum absolute atomic E-state index is 6.19. The van der Waals surface area contributed by atoms with Crippen molar-refractivity contribution in [1.29, 1.82) is 0 Å². The predicted octanol–water partition coefficient (Wildman–Crippen LogP) is 4.45. The van der Waals surface area contributed by atoms with Gasteiger partial charge in [-0.05, 0) is 88.1 Å². The van der Waals surface area contributed by atoms with Crippen molar-refractivity contribution >= 4 is 12.6 Å². The number of hydrogen-bond donors (Lipinski definition) is 0. The highest BCUT2D eigenvalue weighted by atomic mass is 16.7. The fraction of sp³-hybridized carbons (Fsp3) is 0.714. The molecule has 2 bridgehead atoms. The molecule has 4 rings (SSSR count). The third-order valence-electron chi connectivity index (χ3n) is 7.23. The van der Waals surface area contributed by atoms with E-state index in [2.05, 4.69) is 58.9 Å². The zero-order valence-electron chi connectivity index (χ0n) is 15.9. The van der Waals surface area contributed by atoms with Crippen LogP contribution in [0.3, 0.4) is 0 Å². The molecular weight excluding hydrogens is 295 g/mol. The first-order valence-electron chi connectivity index (χ1n) is 9.67. The minimum absolute atomic E-state index is 0.247. The Morgan fingerprint density at radius 1 is 0.958 bits per heavy atom. The molecule has 0 amide bonds. The molecule has 1 aliphatic heterocycles. The van der Waals surface area contributed by atoms with Gasteiger partial charge in [-0.1, -0.05) is 31.2 Å². The van der Waals surface area contributed by atoms with Crippen LogP contribution in [-0.2, 0) is 14.7 Å². The normalized spacial score (nSPS) is 37.0. The molecule has 3 fully saturated rings. The van der Waals surface area contributed by atoms with Crippen LogP contribution in [0.5, 0.6) is 0 Å². The highest BCUT2D eigenvalue weighted by molar-refractivity contribution is 6.62. The van der Waals surface area contributed by atoms with Crippen LogP contribution in [0, 0.1) is 11.8 Å².